The smallest absolute Gasteiger partial charge is 0.338 e. The number of anilines is 2. The summed E-state index contributed by atoms with van der Waals surface area (Å²) >= 11 is 0. The number of nitrogens with two attached hydrogens (primary N) is 1. The Hall–Kier alpha value is -1.75. The van der Waals surface area contributed by atoms with Crippen LogP contribution in [0, 0.1) is 0 Å². The molecule has 0 bridgehead atoms. The summed E-state index contributed by atoms with van der Waals surface area (Å²) in [5.74, 6) is -0.303. The maximum atomic E-state index is 11.9. The summed E-state index contributed by atoms with van der Waals surface area (Å²) in [5, 5.41) is 0. The number of hydrogen-bond donors (Lipinski definition) is 1. The molecular weight excluding hydrogens is 266 g/mol. The zero-order chi connectivity index (χ0) is 15.8. The van der Waals surface area contributed by atoms with Crippen molar-refractivity contribution in [3.8, 4) is 0 Å². The number of ether oxygens (including phenoxy) is 1. The average molecular weight is 293 g/mol. The third kappa shape index (κ3) is 5.27. The van der Waals surface area contributed by atoms with E-state index in [-0.39, 0.29) is 5.97 Å². The second-order valence-electron chi connectivity index (χ2n) is 5.28. The van der Waals surface area contributed by atoms with Gasteiger partial charge in [0.05, 0.1) is 23.5 Å². The fraction of sp³-hybridized carbons (Fsp3) is 0.562. The monoisotopic (exact) mass is 293 g/mol. The number of hydrogen-bond acceptors (Lipinski definition) is 5. The highest BCUT2D eigenvalue weighted by molar-refractivity contribution is 5.92. The van der Waals surface area contributed by atoms with E-state index in [0.717, 1.165) is 31.7 Å². The van der Waals surface area contributed by atoms with Crippen LogP contribution in [0.25, 0.3) is 0 Å². The Morgan fingerprint density at radius 1 is 1.19 bits per heavy atom. The molecule has 0 fully saturated rings. The summed E-state index contributed by atoms with van der Waals surface area (Å²) < 4.78 is 5.05. The summed E-state index contributed by atoms with van der Waals surface area (Å²) in [4.78, 5) is 16.2. The number of carbonyl (C=O) groups excluding carboxylic acids is 1. The van der Waals surface area contributed by atoms with Gasteiger partial charge in [-0.15, -0.1) is 0 Å². The lowest BCUT2D eigenvalue weighted by Crippen LogP contribution is -2.33. The first-order chi connectivity index (χ1) is 9.99. The van der Waals surface area contributed by atoms with Gasteiger partial charge in [0.15, 0.2) is 0 Å². The van der Waals surface area contributed by atoms with Crippen LogP contribution in [0.2, 0.25) is 0 Å². The molecule has 5 heteroatoms. The van der Waals surface area contributed by atoms with Gasteiger partial charge in [-0.05, 0) is 45.6 Å². The van der Waals surface area contributed by atoms with Crippen molar-refractivity contribution in [3.05, 3.63) is 23.8 Å². The first-order valence-corrected chi connectivity index (χ1v) is 7.45. The van der Waals surface area contributed by atoms with Gasteiger partial charge in [-0.25, -0.2) is 4.79 Å². The van der Waals surface area contributed by atoms with Gasteiger partial charge < -0.3 is 20.3 Å². The van der Waals surface area contributed by atoms with Crippen molar-refractivity contribution in [2.24, 2.45) is 0 Å². The molecule has 0 radical (unpaired) electrons. The van der Waals surface area contributed by atoms with Crippen LogP contribution < -0.4 is 10.6 Å². The van der Waals surface area contributed by atoms with Gasteiger partial charge >= 0.3 is 5.97 Å². The minimum atomic E-state index is -0.303. The normalized spacial score (nSPS) is 10.7. The summed E-state index contributed by atoms with van der Waals surface area (Å²) in [6, 6.07) is 5.32. The molecule has 0 aliphatic carbocycles. The van der Waals surface area contributed by atoms with E-state index >= 15 is 0 Å². The van der Waals surface area contributed by atoms with E-state index < -0.39 is 0 Å². The zero-order valence-electron chi connectivity index (χ0n) is 13.6. The summed E-state index contributed by atoms with van der Waals surface area (Å²) in [6.07, 6.45) is 1.02. The molecule has 5 nitrogen and oxygen atoms in total. The topological polar surface area (TPSA) is 58.8 Å². The van der Waals surface area contributed by atoms with Gasteiger partial charge in [-0.1, -0.05) is 6.92 Å². The number of esters is 1. The van der Waals surface area contributed by atoms with Gasteiger partial charge in [-0.2, -0.15) is 0 Å². The molecule has 0 heterocycles. The molecular formula is C16H27N3O2. The number of likely N-dealkylation sites (N-methyl/N-ethyl adjacent to an activating group) is 1. The number of carbonyl (C=O) groups is 1. The van der Waals surface area contributed by atoms with Gasteiger partial charge in [0.1, 0.15) is 0 Å². The summed E-state index contributed by atoms with van der Waals surface area (Å²) in [5.41, 5.74) is 8.24. The highest BCUT2D eigenvalue weighted by atomic mass is 16.5. The molecule has 21 heavy (non-hydrogen) atoms. The van der Waals surface area contributed by atoms with Gasteiger partial charge in [0, 0.05) is 19.6 Å². The van der Waals surface area contributed by atoms with E-state index in [9.17, 15) is 4.79 Å². The molecule has 0 saturated heterocycles. The predicted molar refractivity (Wildman–Crippen MR) is 87.9 cm³/mol. The molecule has 0 saturated carbocycles. The van der Waals surface area contributed by atoms with Crippen LogP contribution in [-0.2, 0) is 4.74 Å². The Morgan fingerprint density at radius 3 is 2.48 bits per heavy atom. The first kappa shape index (κ1) is 17.3. The minimum Gasteiger partial charge on any atom is -0.462 e. The summed E-state index contributed by atoms with van der Waals surface area (Å²) in [7, 11) is 4.09. The van der Waals surface area contributed by atoms with Crippen LogP contribution >= 0.6 is 0 Å². The number of nitrogens with zero attached hydrogens (tertiary/aromatic N) is 2. The Morgan fingerprint density at radius 2 is 1.90 bits per heavy atom. The van der Waals surface area contributed by atoms with Crippen molar-refractivity contribution in [2.75, 3.05) is 51.0 Å². The number of rotatable bonds is 8. The lowest BCUT2D eigenvalue weighted by atomic mass is 10.1. The van der Waals surface area contributed by atoms with Crippen molar-refractivity contribution in [1.82, 2.24) is 4.90 Å². The lowest BCUT2D eigenvalue weighted by Gasteiger charge is -2.27. The van der Waals surface area contributed by atoms with Crippen molar-refractivity contribution in [1.29, 1.82) is 0 Å². The van der Waals surface area contributed by atoms with Crippen LogP contribution in [0.4, 0.5) is 11.4 Å². The van der Waals surface area contributed by atoms with Crippen molar-refractivity contribution < 1.29 is 9.53 Å². The first-order valence-electron chi connectivity index (χ1n) is 7.45. The van der Waals surface area contributed by atoms with Crippen LogP contribution in [0.5, 0.6) is 0 Å². The van der Waals surface area contributed by atoms with E-state index in [1.165, 1.54) is 0 Å². The maximum absolute atomic E-state index is 11.9. The Kier molecular flexibility index (Phi) is 7.02. The molecule has 2 N–H and O–H groups in total. The zero-order valence-corrected chi connectivity index (χ0v) is 13.6. The van der Waals surface area contributed by atoms with Crippen LogP contribution in [0.3, 0.4) is 0 Å². The molecule has 1 aromatic rings. The maximum Gasteiger partial charge on any atom is 0.338 e. The second kappa shape index (κ2) is 8.52. The van der Waals surface area contributed by atoms with Crippen molar-refractivity contribution in [3.63, 3.8) is 0 Å². The van der Waals surface area contributed by atoms with Crippen LogP contribution in [0.1, 0.15) is 30.6 Å². The Labute approximate surface area is 127 Å². The quantitative estimate of drug-likeness (QED) is 0.588. The van der Waals surface area contributed by atoms with Crippen molar-refractivity contribution in [2.45, 2.75) is 20.3 Å². The Balaban J connectivity index is 2.99. The van der Waals surface area contributed by atoms with E-state index in [0.29, 0.717) is 17.9 Å². The Bertz CT molecular complexity index is 461. The molecule has 0 spiro atoms. The number of benzene rings is 1. The highest BCUT2D eigenvalue weighted by Gasteiger charge is 2.14. The fourth-order valence-electron chi connectivity index (χ4n) is 2.10. The van der Waals surface area contributed by atoms with E-state index in [1.54, 1.807) is 19.1 Å². The fourth-order valence-corrected chi connectivity index (χ4v) is 2.10. The van der Waals surface area contributed by atoms with E-state index in [1.807, 2.05) is 20.2 Å². The molecule has 0 atom stereocenters. The van der Waals surface area contributed by atoms with Crippen molar-refractivity contribution >= 4 is 17.3 Å². The standard InChI is InChI=1S/C16H27N3O2/c1-5-9-19(11-10-18(3)4)15-12-13(7-8-14(15)17)16(20)21-6-2/h7-8,12H,5-6,9-11,17H2,1-4H3. The van der Waals surface area contributed by atoms with E-state index in [2.05, 4.69) is 16.7 Å². The molecule has 1 aromatic carbocycles. The van der Waals surface area contributed by atoms with Gasteiger partial charge in [0.2, 0.25) is 0 Å². The van der Waals surface area contributed by atoms with Gasteiger partial charge in [-0.3, -0.25) is 0 Å². The highest BCUT2D eigenvalue weighted by Crippen LogP contribution is 2.25. The SMILES string of the molecule is CCCN(CCN(C)C)c1cc(C(=O)OCC)ccc1N. The number of nitrogen functional groups attached to an aromatic ring is 1. The molecule has 0 aliphatic rings. The third-order valence-electron chi connectivity index (χ3n) is 3.19. The molecule has 118 valence electrons. The molecule has 0 aliphatic heterocycles. The van der Waals surface area contributed by atoms with Crippen LogP contribution in [-0.4, -0.2) is 51.2 Å². The average Bonchev–Trinajstić information content (AvgIpc) is 2.44. The molecule has 0 aromatic heterocycles. The second-order valence-corrected chi connectivity index (χ2v) is 5.28. The molecule has 0 amide bonds. The minimum absolute atomic E-state index is 0.303. The van der Waals surface area contributed by atoms with Gasteiger partial charge in [0.25, 0.3) is 0 Å². The lowest BCUT2D eigenvalue weighted by molar-refractivity contribution is 0.0526. The third-order valence-corrected chi connectivity index (χ3v) is 3.19. The van der Waals surface area contributed by atoms with E-state index in [4.69, 9.17) is 10.5 Å². The molecule has 1 rings (SSSR count). The largest absolute Gasteiger partial charge is 0.462 e. The summed E-state index contributed by atoms with van der Waals surface area (Å²) in [6.45, 7) is 7.02. The molecule has 0 unspecified atom stereocenters. The predicted octanol–water partition coefficient (Wildman–Crippen LogP) is 2.22. The van der Waals surface area contributed by atoms with Crippen LogP contribution in [0.15, 0.2) is 18.2 Å².